The van der Waals surface area contributed by atoms with E-state index in [0.717, 1.165) is 11.0 Å². The molecular formula is C16H16BrN. The van der Waals surface area contributed by atoms with Crippen molar-refractivity contribution in [2.75, 3.05) is 13.6 Å². The van der Waals surface area contributed by atoms with Crippen molar-refractivity contribution >= 4 is 21.5 Å². The fraction of sp³-hybridized carbons (Fsp3) is 0.125. The zero-order valence-electron chi connectivity index (χ0n) is 10.4. The number of benzene rings is 2. The lowest BCUT2D eigenvalue weighted by Crippen LogP contribution is -2.05. The second-order valence-electron chi connectivity index (χ2n) is 4.05. The maximum Gasteiger partial charge on any atom is 0.0175 e. The van der Waals surface area contributed by atoms with E-state index >= 15 is 0 Å². The molecule has 92 valence electrons. The molecule has 0 saturated carbocycles. The van der Waals surface area contributed by atoms with Crippen LogP contribution in [0.25, 0.3) is 5.57 Å². The van der Waals surface area contributed by atoms with Gasteiger partial charge in [-0.25, -0.2) is 0 Å². The van der Waals surface area contributed by atoms with Crippen LogP contribution in [0.2, 0.25) is 0 Å². The van der Waals surface area contributed by atoms with Gasteiger partial charge >= 0.3 is 0 Å². The minimum Gasteiger partial charge on any atom is -0.316 e. The van der Waals surface area contributed by atoms with Gasteiger partial charge in [0.15, 0.2) is 0 Å². The third-order valence-corrected chi connectivity index (χ3v) is 3.28. The Hall–Kier alpha value is -1.38. The van der Waals surface area contributed by atoms with Gasteiger partial charge in [-0.15, -0.1) is 0 Å². The molecule has 2 aromatic carbocycles. The van der Waals surface area contributed by atoms with E-state index in [1.165, 1.54) is 16.7 Å². The Morgan fingerprint density at radius 3 is 2.22 bits per heavy atom. The average molecular weight is 302 g/mol. The second-order valence-corrected chi connectivity index (χ2v) is 4.96. The Balaban J connectivity index is 2.40. The highest BCUT2D eigenvalue weighted by atomic mass is 79.9. The topological polar surface area (TPSA) is 12.0 Å². The van der Waals surface area contributed by atoms with Crippen molar-refractivity contribution in [1.82, 2.24) is 5.32 Å². The Morgan fingerprint density at radius 1 is 1.00 bits per heavy atom. The van der Waals surface area contributed by atoms with E-state index in [0.29, 0.717) is 0 Å². The zero-order valence-corrected chi connectivity index (χ0v) is 11.9. The fourth-order valence-electron chi connectivity index (χ4n) is 1.85. The molecule has 1 nitrogen and oxygen atoms in total. The average Bonchev–Trinajstić information content (AvgIpc) is 2.42. The van der Waals surface area contributed by atoms with Crippen molar-refractivity contribution in [2.45, 2.75) is 0 Å². The molecule has 2 heteroatoms. The van der Waals surface area contributed by atoms with Crippen LogP contribution in [0.3, 0.4) is 0 Å². The molecule has 0 aliphatic carbocycles. The van der Waals surface area contributed by atoms with E-state index in [2.05, 4.69) is 75.9 Å². The molecule has 0 atom stereocenters. The Bertz CT molecular complexity index is 515. The summed E-state index contributed by atoms with van der Waals surface area (Å²) in [5.74, 6) is 0. The Morgan fingerprint density at radius 2 is 1.61 bits per heavy atom. The molecule has 0 unspecified atom stereocenters. The minimum absolute atomic E-state index is 0.861. The molecular weight excluding hydrogens is 286 g/mol. The highest BCUT2D eigenvalue weighted by Gasteiger charge is 2.03. The summed E-state index contributed by atoms with van der Waals surface area (Å²) >= 11 is 3.47. The van der Waals surface area contributed by atoms with Gasteiger partial charge in [0, 0.05) is 11.0 Å². The van der Waals surface area contributed by atoms with Crippen molar-refractivity contribution in [1.29, 1.82) is 0 Å². The van der Waals surface area contributed by atoms with Crippen molar-refractivity contribution in [2.24, 2.45) is 0 Å². The summed E-state index contributed by atoms with van der Waals surface area (Å²) in [4.78, 5) is 0. The van der Waals surface area contributed by atoms with Gasteiger partial charge in [-0.3, -0.25) is 0 Å². The van der Waals surface area contributed by atoms with Gasteiger partial charge in [0.05, 0.1) is 0 Å². The van der Waals surface area contributed by atoms with Gasteiger partial charge < -0.3 is 5.32 Å². The summed E-state index contributed by atoms with van der Waals surface area (Å²) in [5, 5.41) is 3.16. The smallest absolute Gasteiger partial charge is 0.0175 e. The summed E-state index contributed by atoms with van der Waals surface area (Å²) in [6.45, 7) is 0.861. The number of halogens is 1. The summed E-state index contributed by atoms with van der Waals surface area (Å²) < 4.78 is 1.10. The molecule has 18 heavy (non-hydrogen) atoms. The SMILES string of the molecule is CNC/C=C(\c1ccccc1)c1ccc(Br)cc1. The van der Waals surface area contributed by atoms with Crippen molar-refractivity contribution in [3.63, 3.8) is 0 Å². The Kier molecular flexibility index (Phi) is 4.73. The molecule has 0 fully saturated rings. The predicted octanol–water partition coefficient (Wildman–Crippen LogP) is 4.10. The third kappa shape index (κ3) is 3.31. The normalized spacial score (nSPS) is 11.6. The molecule has 0 radical (unpaired) electrons. The summed E-state index contributed by atoms with van der Waals surface area (Å²) in [7, 11) is 1.96. The molecule has 0 spiro atoms. The van der Waals surface area contributed by atoms with E-state index in [9.17, 15) is 0 Å². The maximum absolute atomic E-state index is 3.47. The van der Waals surface area contributed by atoms with Crippen molar-refractivity contribution in [3.05, 3.63) is 76.3 Å². The first-order chi connectivity index (χ1) is 8.81. The van der Waals surface area contributed by atoms with Gasteiger partial charge in [-0.05, 0) is 35.9 Å². The maximum atomic E-state index is 3.47. The molecule has 0 saturated heterocycles. The van der Waals surface area contributed by atoms with Gasteiger partial charge in [0.2, 0.25) is 0 Å². The summed E-state index contributed by atoms with van der Waals surface area (Å²) in [6.07, 6.45) is 2.22. The van der Waals surface area contributed by atoms with Crippen LogP contribution in [0.1, 0.15) is 11.1 Å². The predicted molar refractivity (Wildman–Crippen MR) is 81.6 cm³/mol. The molecule has 0 bridgehead atoms. The lowest BCUT2D eigenvalue weighted by atomic mass is 9.98. The molecule has 0 heterocycles. The number of hydrogen-bond acceptors (Lipinski definition) is 1. The number of hydrogen-bond donors (Lipinski definition) is 1. The number of nitrogens with one attached hydrogen (secondary N) is 1. The summed E-state index contributed by atoms with van der Waals surface area (Å²) in [5.41, 5.74) is 3.74. The van der Waals surface area contributed by atoms with Gasteiger partial charge in [-0.2, -0.15) is 0 Å². The number of likely N-dealkylation sites (N-methyl/N-ethyl adjacent to an activating group) is 1. The molecule has 2 rings (SSSR count). The first-order valence-electron chi connectivity index (χ1n) is 5.97. The first-order valence-corrected chi connectivity index (χ1v) is 6.76. The second kappa shape index (κ2) is 6.53. The van der Waals surface area contributed by atoms with Crippen LogP contribution in [-0.2, 0) is 0 Å². The van der Waals surface area contributed by atoms with E-state index in [1.54, 1.807) is 0 Å². The summed E-state index contributed by atoms with van der Waals surface area (Å²) in [6, 6.07) is 18.9. The molecule has 0 aliphatic heterocycles. The first kappa shape index (κ1) is 13.1. The molecule has 0 aliphatic rings. The van der Waals surface area contributed by atoms with Crippen LogP contribution in [0, 0.1) is 0 Å². The van der Waals surface area contributed by atoms with Crippen LogP contribution < -0.4 is 5.32 Å². The number of rotatable bonds is 4. The van der Waals surface area contributed by atoms with Gasteiger partial charge in [0.1, 0.15) is 0 Å². The minimum atomic E-state index is 0.861. The molecule has 1 N–H and O–H groups in total. The molecule has 0 amide bonds. The van der Waals surface area contributed by atoms with E-state index in [1.807, 2.05) is 13.1 Å². The largest absolute Gasteiger partial charge is 0.316 e. The highest BCUT2D eigenvalue weighted by Crippen LogP contribution is 2.24. The van der Waals surface area contributed by atoms with E-state index in [-0.39, 0.29) is 0 Å². The van der Waals surface area contributed by atoms with Crippen LogP contribution in [0.15, 0.2) is 65.1 Å². The van der Waals surface area contributed by atoms with Crippen LogP contribution in [0.4, 0.5) is 0 Å². The molecule has 0 aromatic heterocycles. The van der Waals surface area contributed by atoms with Crippen molar-refractivity contribution < 1.29 is 0 Å². The Labute approximate surface area is 117 Å². The third-order valence-electron chi connectivity index (χ3n) is 2.75. The highest BCUT2D eigenvalue weighted by molar-refractivity contribution is 9.10. The lowest BCUT2D eigenvalue weighted by Gasteiger charge is -2.09. The quantitative estimate of drug-likeness (QED) is 0.896. The van der Waals surface area contributed by atoms with E-state index < -0.39 is 0 Å². The van der Waals surface area contributed by atoms with Crippen LogP contribution >= 0.6 is 15.9 Å². The fourth-order valence-corrected chi connectivity index (χ4v) is 2.12. The van der Waals surface area contributed by atoms with E-state index in [4.69, 9.17) is 0 Å². The van der Waals surface area contributed by atoms with Crippen LogP contribution in [-0.4, -0.2) is 13.6 Å². The van der Waals surface area contributed by atoms with Crippen LogP contribution in [0.5, 0.6) is 0 Å². The van der Waals surface area contributed by atoms with Crippen molar-refractivity contribution in [3.8, 4) is 0 Å². The van der Waals surface area contributed by atoms with Gasteiger partial charge in [-0.1, -0.05) is 64.5 Å². The molecule has 2 aromatic rings. The lowest BCUT2D eigenvalue weighted by molar-refractivity contribution is 0.920. The standard InChI is InChI=1S/C16H16BrN/c1-18-12-11-16(13-5-3-2-4-6-13)14-7-9-15(17)10-8-14/h2-11,18H,12H2,1H3/b16-11+. The zero-order chi connectivity index (χ0) is 12.8. The van der Waals surface area contributed by atoms with Gasteiger partial charge in [0.25, 0.3) is 0 Å². The monoisotopic (exact) mass is 301 g/mol.